The minimum atomic E-state index is -1.45. The number of ether oxygens (including phenoxy) is 2. The number of halogens is 3. The molecule has 36 heavy (non-hydrogen) atoms. The van der Waals surface area contributed by atoms with E-state index in [-0.39, 0.29) is 37.1 Å². The summed E-state index contributed by atoms with van der Waals surface area (Å²) >= 11 is 0. The summed E-state index contributed by atoms with van der Waals surface area (Å²) in [5, 5.41) is 44.5. The van der Waals surface area contributed by atoms with Crippen molar-refractivity contribution in [2.45, 2.75) is 25.7 Å². The number of rotatable bonds is 7. The highest BCUT2D eigenvalue weighted by Crippen LogP contribution is 2.32. The van der Waals surface area contributed by atoms with E-state index in [1.165, 1.54) is 0 Å². The van der Waals surface area contributed by atoms with E-state index in [0.29, 0.717) is 6.07 Å². The summed E-state index contributed by atoms with van der Waals surface area (Å²) in [6, 6.07) is 1.67. The van der Waals surface area contributed by atoms with Crippen LogP contribution in [-0.2, 0) is 9.47 Å². The summed E-state index contributed by atoms with van der Waals surface area (Å²) in [4.78, 5) is 37.7. The van der Waals surface area contributed by atoms with Gasteiger partial charge in [-0.1, -0.05) is 0 Å². The third-order valence-electron chi connectivity index (χ3n) is 4.46. The first-order valence-electron chi connectivity index (χ1n) is 9.58. The number of hydrogen-bond donors (Lipinski definition) is 1. The zero-order valence-electron chi connectivity index (χ0n) is 18.3. The summed E-state index contributed by atoms with van der Waals surface area (Å²) in [6.45, 7) is 3.87. The lowest BCUT2D eigenvalue weighted by atomic mass is 10.2. The van der Waals surface area contributed by atoms with Crippen LogP contribution in [0.5, 0.6) is 0 Å². The third kappa shape index (κ3) is 6.79. The monoisotopic (exact) mass is 519 g/mol. The van der Waals surface area contributed by atoms with Gasteiger partial charge in [0.1, 0.15) is 17.9 Å². The number of nitro groups is 4. The van der Waals surface area contributed by atoms with Crippen molar-refractivity contribution in [1.29, 1.82) is 0 Å². The fourth-order valence-corrected chi connectivity index (χ4v) is 2.88. The Bertz CT molecular complexity index is 1190. The highest BCUT2D eigenvalue weighted by molar-refractivity contribution is 5.65. The molecule has 18 heteroatoms. The van der Waals surface area contributed by atoms with Gasteiger partial charge in [-0.2, -0.15) is 13.2 Å². The number of hydrogen-bond acceptors (Lipinski definition) is 11. The predicted octanol–water partition coefficient (Wildman–Crippen LogP) is 3.99. The quantitative estimate of drug-likeness (QED) is 0.409. The maximum atomic E-state index is 13.6. The van der Waals surface area contributed by atoms with Gasteiger partial charge < -0.3 is 14.8 Å². The number of benzene rings is 2. The van der Waals surface area contributed by atoms with E-state index in [9.17, 15) is 53.6 Å². The lowest BCUT2D eigenvalue weighted by Crippen LogP contribution is -2.26. The smallest absolute Gasteiger partial charge is 0.311 e. The summed E-state index contributed by atoms with van der Waals surface area (Å²) in [5.74, 6) is -4.79. The minimum Gasteiger partial charge on any atom is -0.377 e. The molecule has 0 saturated carbocycles. The van der Waals surface area contributed by atoms with E-state index in [1.54, 1.807) is 13.8 Å². The molecule has 1 atom stereocenters. The Balaban J connectivity index is 0.000000281. The molecule has 0 aromatic heterocycles. The second-order valence-electron chi connectivity index (χ2n) is 7.44. The van der Waals surface area contributed by atoms with Crippen LogP contribution in [0, 0.1) is 57.9 Å². The molecule has 2 aromatic carbocycles. The molecule has 2 aromatic rings. The normalized spacial score (nSPS) is 16.0. The first-order valence-corrected chi connectivity index (χ1v) is 9.58. The first kappa shape index (κ1) is 27.8. The van der Waals surface area contributed by atoms with Gasteiger partial charge in [0.15, 0.2) is 5.79 Å². The molecule has 1 fully saturated rings. The van der Waals surface area contributed by atoms with Gasteiger partial charge in [0.05, 0.1) is 32.4 Å². The Hall–Kier alpha value is -4.45. The van der Waals surface area contributed by atoms with Crippen molar-refractivity contribution >= 4 is 28.4 Å². The van der Waals surface area contributed by atoms with Crippen molar-refractivity contribution in [2.24, 2.45) is 0 Å². The Morgan fingerprint density at radius 2 is 1.22 bits per heavy atom. The molecule has 3 rings (SSSR count). The van der Waals surface area contributed by atoms with Crippen molar-refractivity contribution in [3.63, 3.8) is 0 Å². The van der Waals surface area contributed by atoms with Gasteiger partial charge in [-0.15, -0.1) is 0 Å². The van der Waals surface area contributed by atoms with Crippen LogP contribution in [0.15, 0.2) is 24.3 Å². The van der Waals surface area contributed by atoms with Crippen molar-refractivity contribution in [3.8, 4) is 0 Å². The van der Waals surface area contributed by atoms with Crippen molar-refractivity contribution in [2.75, 3.05) is 18.5 Å². The number of nitrogens with one attached hydrogen (secondary N) is 1. The average molecular weight is 519 g/mol. The minimum absolute atomic E-state index is 0.107. The van der Waals surface area contributed by atoms with Gasteiger partial charge in [-0.3, -0.25) is 40.5 Å². The molecular weight excluding hydrogens is 503 g/mol. The van der Waals surface area contributed by atoms with E-state index in [1.807, 2.05) is 0 Å². The van der Waals surface area contributed by atoms with E-state index >= 15 is 0 Å². The second kappa shape index (κ2) is 10.9. The Kier molecular flexibility index (Phi) is 8.39. The van der Waals surface area contributed by atoms with Crippen LogP contribution in [0.4, 0.5) is 41.6 Å². The van der Waals surface area contributed by atoms with E-state index in [2.05, 4.69) is 5.32 Å². The maximum Gasteiger partial charge on any atom is 0.311 e. The van der Waals surface area contributed by atoms with Crippen LogP contribution >= 0.6 is 0 Å². The summed E-state index contributed by atoms with van der Waals surface area (Å²) in [6.07, 6.45) is -0.368. The molecule has 1 aliphatic rings. The molecule has 1 N–H and O–H groups in total. The number of nitrogens with zero attached hydrogens (tertiary/aromatic N) is 4. The molecule has 1 saturated heterocycles. The Labute approximate surface area is 198 Å². The Morgan fingerprint density at radius 3 is 1.61 bits per heavy atom. The highest BCUT2D eigenvalue weighted by atomic mass is 19.1. The molecule has 0 spiro atoms. The van der Waals surface area contributed by atoms with Crippen molar-refractivity contribution in [1.82, 2.24) is 0 Å². The van der Waals surface area contributed by atoms with Gasteiger partial charge in [0, 0.05) is 18.7 Å². The van der Waals surface area contributed by atoms with Crippen molar-refractivity contribution in [3.05, 3.63) is 82.2 Å². The second-order valence-corrected chi connectivity index (χ2v) is 7.44. The standard InChI is InChI=1S/C12H14FN3O6.C6H2F2N2O4/c1-12(2)21-6-7(22-12)5-14-9-3-8(13)10(15(17)18)4-11(9)16(19)20;7-3-1-4(8)6(10(13)14)2-5(3)9(11)12/h3-4,7,14H,5-6H2,1-2H3;1-2H/t7-;/m1./s1. The van der Waals surface area contributed by atoms with Gasteiger partial charge in [0.25, 0.3) is 5.69 Å². The van der Waals surface area contributed by atoms with Crippen LogP contribution in [0.1, 0.15) is 13.8 Å². The van der Waals surface area contributed by atoms with Gasteiger partial charge in [0.2, 0.25) is 17.5 Å². The molecule has 194 valence electrons. The predicted molar refractivity (Wildman–Crippen MR) is 113 cm³/mol. The maximum absolute atomic E-state index is 13.6. The zero-order valence-corrected chi connectivity index (χ0v) is 18.3. The van der Waals surface area contributed by atoms with Crippen molar-refractivity contribution < 1.29 is 42.3 Å². The molecular formula is C18H16F3N5O10. The molecule has 1 aliphatic heterocycles. The SMILES string of the molecule is CC1(C)OC[C@@H](CNc2cc(F)c([N+](=O)[O-])cc2[N+](=O)[O-])O1.O=[N+]([O-])c1cc([N+](=O)[O-])c(F)cc1F. The third-order valence-corrected chi connectivity index (χ3v) is 4.46. The van der Waals surface area contributed by atoms with Crippen LogP contribution in [0.2, 0.25) is 0 Å². The van der Waals surface area contributed by atoms with E-state index in [4.69, 9.17) is 9.47 Å². The molecule has 0 radical (unpaired) electrons. The van der Waals surface area contributed by atoms with Crippen LogP contribution in [0.3, 0.4) is 0 Å². The molecule has 0 amide bonds. The zero-order chi connectivity index (χ0) is 27.4. The van der Waals surface area contributed by atoms with Crippen LogP contribution in [-0.4, -0.2) is 44.7 Å². The molecule has 0 unspecified atom stereocenters. The molecule has 0 aliphatic carbocycles. The Morgan fingerprint density at radius 1 is 0.806 bits per heavy atom. The van der Waals surface area contributed by atoms with E-state index in [0.717, 1.165) is 6.07 Å². The van der Waals surface area contributed by atoms with Gasteiger partial charge in [-0.25, -0.2) is 0 Å². The lowest BCUT2D eigenvalue weighted by molar-refractivity contribution is -0.397. The van der Waals surface area contributed by atoms with Gasteiger partial charge >= 0.3 is 17.1 Å². The fraction of sp³-hybridized carbons (Fsp3) is 0.333. The first-order chi connectivity index (χ1) is 16.6. The lowest BCUT2D eigenvalue weighted by Gasteiger charge is -2.17. The van der Waals surface area contributed by atoms with Crippen LogP contribution < -0.4 is 5.32 Å². The topological polar surface area (TPSA) is 203 Å². The molecule has 15 nitrogen and oxygen atoms in total. The number of anilines is 1. The average Bonchev–Trinajstić information content (AvgIpc) is 3.10. The van der Waals surface area contributed by atoms with E-state index < -0.39 is 65.7 Å². The summed E-state index contributed by atoms with van der Waals surface area (Å²) in [7, 11) is 0. The molecule has 1 heterocycles. The van der Waals surface area contributed by atoms with Crippen LogP contribution in [0.25, 0.3) is 0 Å². The molecule has 0 bridgehead atoms. The largest absolute Gasteiger partial charge is 0.377 e. The van der Waals surface area contributed by atoms with Gasteiger partial charge in [-0.05, 0) is 13.8 Å². The number of nitro benzene ring substituents is 4. The summed E-state index contributed by atoms with van der Waals surface area (Å²) in [5.41, 5.74) is -3.93. The highest BCUT2D eigenvalue weighted by Gasteiger charge is 2.33. The fourth-order valence-electron chi connectivity index (χ4n) is 2.88. The summed E-state index contributed by atoms with van der Waals surface area (Å²) < 4.78 is 49.7.